The molecule has 4 heavy (non-hydrogen) atoms. The molecule has 0 heterocycles. The van der Waals surface area contributed by atoms with Crippen LogP contribution in [0.5, 0.6) is 0 Å². The summed E-state index contributed by atoms with van der Waals surface area (Å²) < 4.78 is 14.5. The summed E-state index contributed by atoms with van der Waals surface area (Å²) in [4.78, 5) is 0. The summed E-state index contributed by atoms with van der Waals surface area (Å²) in [7, 11) is 4.67. The van der Waals surface area contributed by atoms with Crippen LogP contribution in [0.15, 0.2) is 0 Å². The third-order valence-electron chi connectivity index (χ3n) is 0. The van der Waals surface area contributed by atoms with Gasteiger partial charge in [0.1, 0.15) is 0 Å². The molecule has 0 aromatic carbocycles. The quantitative estimate of drug-likeness (QED) is 0.342. The molecule has 0 radical (unpaired) electrons. The second kappa shape index (κ2) is 26.4. The van der Waals surface area contributed by atoms with Gasteiger partial charge >= 0.3 is 24.3 Å². The van der Waals surface area contributed by atoms with Crippen molar-refractivity contribution in [2.24, 2.45) is 0 Å². The molecular weight excluding hydrogens is 126 g/mol. The summed E-state index contributed by atoms with van der Waals surface area (Å²) in [5, 5.41) is 0. The van der Waals surface area contributed by atoms with E-state index >= 15 is 0 Å². The Hall–Kier alpha value is 1.37. The molecule has 0 fully saturated rings. The van der Waals surface area contributed by atoms with E-state index in [0.717, 1.165) is 0 Å². The Morgan fingerprint density at radius 2 is 2.00 bits per heavy atom. The van der Waals surface area contributed by atoms with Crippen molar-refractivity contribution in [3.63, 3.8) is 0 Å². The fourth-order valence-electron chi connectivity index (χ4n) is 0. The molecule has 0 aromatic heterocycles. The Morgan fingerprint density at radius 1 is 2.00 bits per heavy atom. The summed E-state index contributed by atoms with van der Waals surface area (Å²) in [6.45, 7) is 0. The van der Waals surface area contributed by atoms with Gasteiger partial charge in [0.2, 0.25) is 0 Å². The van der Waals surface area contributed by atoms with Crippen LogP contribution >= 0.6 is 17.9 Å². The molecule has 2 atom stereocenters. The van der Waals surface area contributed by atoms with Gasteiger partial charge < -0.3 is 0 Å². The topological polar surface area (TPSA) is 17.1 Å². The first-order chi connectivity index (χ1) is 2.41. The normalized spacial score (nSPS) is 4.00. The summed E-state index contributed by atoms with van der Waals surface area (Å²) in [6, 6.07) is 0. The Labute approximate surface area is 42.5 Å². The van der Waals surface area contributed by atoms with Crippen LogP contribution in [0.3, 0.4) is 0 Å². The molecule has 0 N–H and O–H groups in total. The molecule has 2 unspecified atom stereocenters. The number of hydrogen-bond donors (Lipinski definition) is 0. The van der Waals surface area contributed by atoms with Crippen LogP contribution in [-0.4, -0.2) is 0.715 Å². The summed E-state index contributed by atoms with van der Waals surface area (Å²) in [5.41, 5.74) is 0. The Bertz CT molecular complexity index is 17.1. The molecule has 0 aliphatic rings. The average molecular weight is 133 g/mol. The van der Waals surface area contributed by atoms with E-state index in [2.05, 4.69) is 17.9 Å². The summed E-state index contributed by atoms with van der Waals surface area (Å²) in [6.07, 6.45) is 0. The van der Waals surface area contributed by atoms with E-state index < -0.39 is 20.2 Å². The van der Waals surface area contributed by atoms with Crippen LogP contribution in [0.2, 0.25) is 0 Å². The summed E-state index contributed by atoms with van der Waals surface area (Å²) >= 11 is -1.50. The van der Waals surface area contributed by atoms with Gasteiger partial charge in [0.05, 0.1) is 0 Å². The molecule has 0 bridgehead atoms. The predicted molar refractivity (Wildman–Crippen MR) is 21.5 cm³/mol. The standard InChI is InChI=1S/O.H4P2.Ti.H/c;1-2;;/h;1-2H2;;/i;;;1+2. The maximum absolute atomic E-state index is 8.72. The Morgan fingerprint density at radius 3 is 2.00 bits per heavy atom. The first-order valence-electron chi connectivity index (χ1n) is 1.04. The number of rotatable bonds is 0. The zero-order chi connectivity index (χ0) is 4.71. The van der Waals surface area contributed by atoms with Crippen molar-refractivity contribution < 1.29 is 23.6 Å². The third-order valence-corrected chi connectivity index (χ3v) is 0. The van der Waals surface area contributed by atoms with Crippen molar-refractivity contribution in [3.8, 4) is 0 Å². The van der Waals surface area contributed by atoms with E-state index in [1.165, 1.54) is 0 Å². The van der Waals surface area contributed by atoms with Crippen LogP contribution in [0.1, 0.15) is 0 Å². The van der Waals surface area contributed by atoms with Crippen LogP contribution in [0.4, 0.5) is 0 Å². The van der Waals surface area contributed by atoms with Gasteiger partial charge in [-0.25, -0.2) is 0 Å². The van der Waals surface area contributed by atoms with Gasteiger partial charge in [-0.05, 0) is 0 Å². The molecule has 25 valence electrons. The fraction of sp³-hybridized carbons (Fsp3) is 0. The van der Waals surface area contributed by atoms with Crippen molar-refractivity contribution in [2.75, 3.05) is 0 Å². The van der Waals surface area contributed by atoms with Gasteiger partial charge in [-0.15, -0.1) is 17.9 Å². The number of hydrogen-bond acceptors (Lipinski definition) is 1. The molecule has 4 heteroatoms. The zero-order valence-corrected chi connectivity index (χ0v) is 5.93. The van der Waals surface area contributed by atoms with Crippen LogP contribution in [0.25, 0.3) is 0 Å². The minimum atomic E-state index is -1.50. The first-order valence-corrected chi connectivity index (χ1v) is 3.84. The van der Waals surface area contributed by atoms with Crippen molar-refractivity contribution in [1.29, 1.82) is 0.715 Å². The Kier molecular flexibility index (Phi) is 35.4. The van der Waals surface area contributed by atoms with Crippen LogP contribution in [-0.2, 0) is 23.6 Å². The minimum absolute atomic E-state index is 1.50. The molecule has 0 rings (SSSR count). The molecule has 0 aromatic rings. The molecule has 0 spiro atoms. The van der Waals surface area contributed by atoms with E-state index in [1.54, 1.807) is 0 Å². The van der Waals surface area contributed by atoms with E-state index in [9.17, 15) is 0 Å². The van der Waals surface area contributed by atoms with Gasteiger partial charge in [-0.1, -0.05) is 0 Å². The molecule has 0 aliphatic carbocycles. The van der Waals surface area contributed by atoms with Crippen molar-refractivity contribution in [3.05, 3.63) is 0 Å². The van der Waals surface area contributed by atoms with Gasteiger partial charge in [-0.2, -0.15) is 0 Å². The molecule has 0 saturated carbocycles. The predicted octanol–water partition coefficient (Wildman–Crippen LogP) is 0.263. The first kappa shape index (κ1) is 5.37. The molecule has 0 amide bonds. The SMILES string of the molecule is PP.[3H][Ti]=[O]. The average Bonchev–Trinajstić information content (AvgIpc) is 1.46. The molecule has 0 aliphatic heterocycles. The maximum atomic E-state index is 8.72. The van der Waals surface area contributed by atoms with Crippen LogP contribution < -0.4 is 0 Å². The monoisotopic (exact) mass is 133 g/mol. The van der Waals surface area contributed by atoms with Crippen molar-refractivity contribution in [2.45, 2.75) is 0 Å². The van der Waals surface area contributed by atoms with Crippen molar-refractivity contribution >= 4 is 17.9 Å². The molecular formula is H5OP2Ti. The summed E-state index contributed by atoms with van der Waals surface area (Å²) in [5.74, 6) is 0. The fourth-order valence-corrected chi connectivity index (χ4v) is 0. The van der Waals surface area contributed by atoms with E-state index in [0.29, 0.717) is 0 Å². The second-order valence-corrected chi connectivity index (χ2v) is 0. The van der Waals surface area contributed by atoms with Gasteiger partial charge in [0, 0.05) is 0 Å². The second-order valence-electron chi connectivity index (χ2n) is 0. The molecule has 1 nitrogen and oxygen atoms in total. The van der Waals surface area contributed by atoms with Gasteiger partial charge in [0.15, 0.2) is 0 Å². The van der Waals surface area contributed by atoms with Crippen molar-refractivity contribution in [1.82, 2.24) is 0 Å². The Balaban J connectivity index is 0. The zero-order valence-electron chi connectivity index (χ0n) is 3.06. The van der Waals surface area contributed by atoms with Gasteiger partial charge in [-0.3, -0.25) is 0 Å². The van der Waals surface area contributed by atoms with Gasteiger partial charge in [0.25, 0.3) is 0 Å². The van der Waals surface area contributed by atoms with E-state index in [4.69, 9.17) is 4.04 Å². The molecule has 0 saturated heterocycles. The van der Waals surface area contributed by atoms with E-state index in [-0.39, 0.29) is 0 Å². The third kappa shape index (κ3) is 10.1. The van der Waals surface area contributed by atoms with Crippen LogP contribution in [0, 0.1) is 0 Å². The van der Waals surface area contributed by atoms with E-state index in [1.807, 2.05) is 0 Å².